The van der Waals surface area contributed by atoms with Gasteiger partial charge in [-0.2, -0.15) is 0 Å². The highest BCUT2D eigenvalue weighted by Crippen LogP contribution is 2.39. The van der Waals surface area contributed by atoms with Crippen molar-refractivity contribution in [1.82, 2.24) is 5.32 Å². The lowest BCUT2D eigenvalue weighted by Gasteiger charge is -2.32. The zero-order valence-electron chi connectivity index (χ0n) is 11.8. The van der Waals surface area contributed by atoms with E-state index in [4.69, 9.17) is 4.99 Å². The highest BCUT2D eigenvalue weighted by atomic mass is 32.2. The molecule has 3 fully saturated rings. The van der Waals surface area contributed by atoms with E-state index in [0.717, 1.165) is 0 Å². The number of aliphatic imine (C=N–C) groups is 1. The fraction of sp³-hybridized carbons (Fsp3) is 0.933. The van der Waals surface area contributed by atoms with Crippen molar-refractivity contribution >= 4 is 16.9 Å². The van der Waals surface area contributed by atoms with Crippen LogP contribution in [-0.2, 0) is 0 Å². The van der Waals surface area contributed by atoms with Crippen LogP contribution in [0.15, 0.2) is 4.99 Å². The first-order chi connectivity index (χ1) is 8.57. The predicted molar refractivity (Wildman–Crippen MR) is 80.3 cm³/mol. The number of hydrogen-bond acceptors (Lipinski definition) is 2. The molecule has 2 aliphatic carbocycles. The molecule has 0 amide bonds. The van der Waals surface area contributed by atoms with Gasteiger partial charge in [0.1, 0.15) is 0 Å². The van der Waals surface area contributed by atoms with Crippen LogP contribution in [0.3, 0.4) is 0 Å². The number of rotatable bonds is 1. The number of nitrogens with zero attached hydrogens (tertiary/aromatic N) is 1. The van der Waals surface area contributed by atoms with Gasteiger partial charge in [0.25, 0.3) is 0 Å². The zero-order chi connectivity index (χ0) is 12.6. The zero-order valence-corrected chi connectivity index (χ0v) is 12.6. The maximum atomic E-state index is 4.99. The molecule has 2 nitrogen and oxygen atoms in total. The molecule has 102 valence electrons. The summed E-state index contributed by atoms with van der Waals surface area (Å²) in [6.45, 7) is 4.79. The van der Waals surface area contributed by atoms with E-state index >= 15 is 0 Å². The summed E-state index contributed by atoms with van der Waals surface area (Å²) >= 11 is 1.97. The molecule has 0 bridgehead atoms. The van der Waals surface area contributed by atoms with Crippen molar-refractivity contribution in [3.63, 3.8) is 0 Å². The number of hydrogen-bond donors (Lipinski definition) is 1. The Balaban J connectivity index is 1.58. The minimum absolute atomic E-state index is 0.428. The molecule has 0 atom stereocenters. The van der Waals surface area contributed by atoms with E-state index in [9.17, 15) is 0 Å². The van der Waals surface area contributed by atoms with Crippen molar-refractivity contribution in [3.8, 4) is 0 Å². The third-order valence-corrected chi connectivity index (χ3v) is 6.20. The average Bonchev–Trinajstić information content (AvgIpc) is 2.93. The minimum Gasteiger partial charge on any atom is -0.359 e. The number of amidine groups is 1. The fourth-order valence-electron chi connectivity index (χ4n) is 3.58. The van der Waals surface area contributed by atoms with E-state index in [-0.39, 0.29) is 0 Å². The van der Waals surface area contributed by atoms with Crippen LogP contribution in [-0.4, -0.2) is 22.5 Å². The molecule has 1 aliphatic heterocycles. The van der Waals surface area contributed by atoms with Crippen LogP contribution in [0.25, 0.3) is 0 Å². The summed E-state index contributed by atoms with van der Waals surface area (Å²) in [4.78, 5) is 4.99. The third kappa shape index (κ3) is 2.71. The lowest BCUT2D eigenvalue weighted by Crippen LogP contribution is -2.41. The van der Waals surface area contributed by atoms with Gasteiger partial charge in [-0.15, -0.1) is 0 Å². The molecule has 1 N–H and O–H groups in total. The van der Waals surface area contributed by atoms with Gasteiger partial charge < -0.3 is 5.32 Å². The van der Waals surface area contributed by atoms with Gasteiger partial charge in [0, 0.05) is 11.3 Å². The Hall–Kier alpha value is -0.180. The van der Waals surface area contributed by atoms with Crippen LogP contribution in [0, 0.1) is 5.41 Å². The topological polar surface area (TPSA) is 24.4 Å². The van der Waals surface area contributed by atoms with Gasteiger partial charge in [0.05, 0.1) is 6.04 Å². The molecule has 0 radical (unpaired) electrons. The normalized spacial score (nSPS) is 33.1. The van der Waals surface area contributed by atoms with Gasteiger partial charge in [-0.25, -0.2) is 0 Å². The lowest BCUT2D eigenvalue weighted by atomic mass is 9.76. The monoisotopic (exact) mass is 266 g/mol. The van der Waals surface area contributed by atoms with Crippen LogP contribution in [0.2, 0.25) is 0 Å². The van der Waals surface area contributed by atoms with Gasteiger partial charge in [-0.3, -0.25) is 4.99 Å². The summed E-state index contributed by atoms with van der Waals surface area (Å²) in [7, 11) is 0. The van der Waals surface area contributed by atoms with E-state index in [1.54, 1.807) is 0 Å². The molecule has 0 aromatic heterocycles. The van der Waals surface area contributed by atoms with Gasteiger partial charge in [0.15, 0.2) is 5.17 Å². The largest absolute Gasteiger partial charge is 0.359 e. The van der Waals surface area contributed by atoms with Crippen molar-refractivity contribution in [3.05, 3.63) is 0 Å². The third-order valence-electron chi connectivity index (χ3n) is 5.03. The van der Waals surface area contributed by atoms with Crippen molar-refractivity contribution in [2.75, 3.05) is 5.75 Å². The second-order valence-corrected chi connectivity index (χ2v) is 8.19. The van der Waals surface area contributed by atoms with Crippen molar-refractivity contribution in [2.24, 2.45) is 10.4 Å². The Morgan fingerprint density at radius 3 is 2.44 bits per heavy atom. The van der Waals surface area contributed by atoms with Crippen molar-refractivity contribution in [1.29, 1.82) is 0 Å². The van der Waals surface area contributed by atoms with E-state index in [1.807, 2.05) is 11.8 Å². The summed E-state index contributed by atoms with van der Waals surface area (Å²) < 4.78 is 0. The summed E-state index contributed by atoms with van der Waals surface area (Å²) in [5, 5.41) is 5.00. The Bertz CT molecular complexity index is 332. The Morgan fingerprint density at radius 2 is 1.78 bits per heavy atom. The first-order valence-corrected chi connectivity index (χ1v) is 8.54. The second-order valence-electron chi connectivity index (χ2n) is 7.23. The number of thioether (sulfide) groups is 1. The molecule has 0 aromatic carbocycles. The molecular weight excluding hydrogens is 240 g/mol. The van der Waals surface area contributed by atoms with Crippen LogP contribution in [0.4, 0.5) is 0 Å². The quantitative estimate of drug-likeness (QED) is 0.777. The molecule has 3 rings (SSSR count). The number of nitrogens with one attached hydrogen (secondary N) is 1. The average molecular weight is 266 g/mol. The van der Waals surface area contributed by atoms with E-state index in [2.05, 4.69) is 19.2 Å². The standard InChI is InChI=1S/C15H26N2S/c1-14(2)9-5-12(6-10-14)16-13-17-15(11-18-13)7-3-4-8-15/h12H,3-11H2,1-2H3,(H,16,17). The van der Waals surface area contributed by atoms with E-state index < -0.39 is 0 Å². The maximum Gasteiger partial charge on any atom is 0.157 e. The molecule has 1 saturated heterocycles. The van der Waals surface area contributed by atoms with Crippen LogP contribution >= 0.6 is 11.8 Å². The molecule has 18 heavy (non-hydrogen) atoms. The molecule has 2 saturated carbocycles. The highest BCUT2D eigenvalue weighted by Gasteiger charge is 2.40. The van der Waals surface area contributed by atoms with E-state index in [1.165, 1.54) is 62.3 Å². The minimum atomic E-state index is 0.428. The van der Waals surface area contributed by atoms with Gasteiger partial charge in [-0.1, -0.05) is 38.5 Å². The predicted octanol–water partition coefficient (Wildman–Crippen LogP) is 3.96. The smallest absolute Gasteiger partial charge is 0.157 e. The highest BCUT2D eigenvalue weighted by molar-refractivity contribution is 8.14. The van der Waals surface area contributed by atoms with Gasteiger partial charge in [0.2, 0.25) is 0 Å². The van der Waals surface area contributed by atoms with Crippen LogP contribution < -0.4 is 5.32 Å². The molecule has 1 heterocycles. The molecule has 3 aliphatic rings. The Labute approximate surface area is 115 Å². The van der Waals surface area contributed by atoms with E-state index in [0.29, 0.717) is 17.0 Å². The summed E-state index contributed by atoms with van der Waals surface area (Å²) in [5.74, 6) is 1.25. The van der Waals surface area contributed by atoms with Crippen molar-refractivity contribution in [2.45, 2.75) is 76.8 Å². The summed E-state index contributed by atoms with van der Waals surface area (Å²) in [6.07, 6.45) is 10.8. The molecule has 0 unspecified atom stereocenters. The maximum absolute atomic E-state index is 4.99. The summed E-state index contributed by atoms with van der Waals surface area (Å²) in [6, 6.07) is 0.588. The fourth-order valence-corrected chi connectivity index (χ4v) is 4.86. The molecule has 1 spiro atoms. The lowest BCUT2D eigenvalue weighted by molar-refractivity contribution is 0.226. The molecule has 0 aromatic rings. The SMILES string of the molecule is CC1(C)CCC(N=C2NC3(CCCC3)CS2)CC1. The summed E-state index contributed by atoms with van der Waals surface area (Å²) in [5.41, 5.74) is 0.983. The first kappa shape index (κ1) is 12.8. The Kier molecular flexibility index (Phi) is 3.38. The van der Waals surface area contributed by atoms with Gasteiger partial charge in [-0.05, 0) is 43.9 Å². The Morgan fingerprint density at radius 1 is 1.11 bits per heavy atom. The molecular formula is C15H26N2S. The van der Waals surface area contributed by atoms with Gasteiger partial charge >= 0.3 is 0 Å². The van der Waals surface area contributed by atoms with Crippen LogP contribution in [0.1, 0.15) is 65.2 Å². The first-order valence-electron chi connectivity index (χ1n) is 7.56. The van der Waals surface area contributed by atoms with Crippen LogP contribution in [0.5, 0.6) is 0 Å². The second kappa shape index (κ2) is 4.73. The molecule has 3 heteroatoms. The van der Waals surface area contributed by atoms with Crippen molar-refractivity contribution < 1.29 is 0 Å².